The van der Waals surface area contributed by atoms with Gasteiger partial charge >= 0.3 is 0 Å². The minimum Gasteiger partial charge on any atom is -0.471 e. The van der Waals surface area contributed by atoms with E-state index in [0.29, 0.717) is 22.3 Å². The fraction of sp³-hybridized carbons (Fsp3) is 0.0952. The molecule has 0 aliphatic rings. The second-order valence-corrected chi connectivity index (χ2v) is 7.28. The molecule has 7 nitrogen and oxygen atoms in total. The van der Waals surface area contributed by atoms with Crippen molar-refractivity contribution in [3.8, 4) is 5.75 Å². The summed E-state index contributed by atoms with van der Waals surface area (Å²) in [6.07, 6.45) is 3.32. The first-order valence-corrected chi connectivity index (χ1v) is 9.82. The lowest BCUT2D eigenvalue weighted by atomic mass is 10.2. The average Bonchev–Trinajstić information content (AvgIpc) is 3.34. The van der Waals surface area contributed by atoms with Gasteiger partial charge in [-0.05, 0) is 29.8 Å². The van der Waals surface area contributed by atoms with Crippen LogP contribution < -0.4 is 10.1 Å². The van der Waals surface area contributed by atoms with Gasteiger partial charge in [-0.25, -0.2) is 4.68 Å². The minimum absolute atomic E-state index is 0.139. The standard InChI is InChI=1S/C21H17Cl2N5O2/c22-16-7-4-8-17(11-16)30-14-27-10-9-19(25-27)21(29)24-20-18(23)13-28(26-20)12-15-5-2-1-3-6-15/h1-11,13H,12,14H2,(H,24,26,29). The molecule has 1 N–H and O–H groups in total. The van der Waals surface area contributed by atoms with Crippen LogP contribution in [0.15, 0.2) is 73.1 Å². The normalized spacial score (nSPS) is 10.7. The maximum absolute atomic E-state index is 12.5. The predicted molar refractivity (Wildman–Crippen MR) is 115 cm³/mol. The first-order chi connectivity index (χ1) is 14.6. The van der Waals surface area contributed by atoms with Crippen molar-refractivity contribution in [1.82, 2.24) is 19.6 Å². The summed E-state index contributed by atoms with van der Waals surface area (Å²) in [7, 11) is 0. The summed E-state index contributed by atoms with van der Waals surface area (Å²) >= 11 is 12.2. The summed E-state index contributed by atoms with van der Waals surface area (Å²) in [5.74, 6) is 0.477. The van der Waals surface area contributed by atoms with E-state index < -0.39 is 5.91 Å². The Morgan fingerprint density at radius 3 is 2.63 bits per heavy atom. The Balaban J connectivity index is 1.37. The third-order valence-electron chi connectivity index (χ3n) is 4.17. The number of nitrogens with zero attached hydrogens (tertiary/aromatic N) is 4. The van der Waals surface area contributed by atoms with Gasteiger partial charge in [0.1, 0.15) is 10.8 Å². The molecule has 152 valence electrons. The van der Waals surface area contributed by atoms with Crippen molar-refractivity contribution < 1.29 is 9.53 Å². The van der Waals surface area contributed by atoms with Crippen LogP contribution in [0.1, 0.15) is 16.1 Å². The number of hydrogen-bond acceptors (Lipinski definition) is 4. The van der Waals surface area contributed by atoms with Gasteiger partial charge in [0.05, 0.1) is 6.54 Å². The maximum Gasteiger partial charge on any atom is 0.277 e. The van der Waals surface area contributed by atoms with E-state index >= 15 is 0 Å². The number of aromatic nitrogens is 4. The number of carbonyl (C=O) groups is 1. The zero-order chi connectivity index (χ0) is 20.9. The van der Waals surface area contributed by atoms with Gasteiger partial charge in [0, 0.05) is 17.4 Å². The third-order valence-corrected chi connectivity index (χ3v) is 4.68. The van der Waals surface area contributed by atoms with Crippen LogP contribution in [-0.4, -0.2) is 25.5 Å². The lowest BCUT2D eigenvalue weighted by molar-refractivity contribution is 0.101. The van der Waals surface area contributed by atoms with Crippen LogP contribution in [0.5, 0.6) is 5.75 Å². The van der Waals surface area contributed by atoms with Gasteiger partial charge in [-0.2, -0.15) is 10.2 Å². The molecular formula is C21H17Cl2N5O2. The lowest BCUT2D eigenvalue weighted by Crippen LogP contribution is -2.15. The summed E-state index contributed by atoms with van der Waals surface area (Å²) in [5.41, 5.74) is 1.30. The minimum atomic E-state index is -0.414. The van der Waals surface area contributed by atoms with Crippen LogP contribution in [0.4, 0.5) is 5.82 Å². The Kier molecular flexibility index (Phi) is 6.02. The number of benzene rings is 2. The largest absolute Gasteiger partial charge is 0.471 e. The Bertz CT molecular complexity index is 1160. The third kappa shape index (κ3) is 5.00. The van der Waals surface area contributed by atoms with Gasteiger partial charge < -0.3 is 10.1 Å². The van der Waals surface area contributed by atoms with Gasteiger partial charge in [0.2, 0.25) is 0 Å². The highest BCUT2D eigenvalue weighted by Gasteiger charge is 2.15. The van der Waals surface area contributed by atoms with E-state index in [9.17, 15) is 4.79 Å². The molecule has 2 heterocycles. The second-order valence-electron chi connectivity index (χ2n) is 6.43. The highest BCUT2D eigenvalue weighted by atomic mass is 35.5. The summed E-state index contributed by atoms with van der Waals surface area (Å²) in [4.78, 5) is 12.5. The van der Waals surface area contributed by atoms with Crippen molar-refractivity contribution in [3.05, 3.63) is 94.4 Å². The zero-order valence-corrected chi connectivity index (χ0v) is 17.2. The van der Waals surface area contributed by atoms with E-state index in [1.807, 2.05) is 30.3 Å². The van der Waals surface area contributed by atoms with Crippen LogP contribution in [0.25, 0.3) is 0 Å². The topological polar surface area (TPSA) is 74.0 Å². The maximum atomic E-state index is 12.5. The Hall–Kier alpha value is -3.29. The predicted octanol–water partition coefficient (Wildman–Crippen LogP) is 4.72. The van der Waals surface area contributed by atoms with Crippen LogP contribution in [-0.2, 0) is 13.3 Å². The number of nitrogens with one attached hydrogen (secondary N) is 1. The highest BCUT2D eigenvalue weighted by Crippen LogP contribution is 2.21. The average molecular weight is 442 g/mol. The molecule has 4 aromatic rings. The van der Waals surface area contributed by atoms with E-state index in [1.54, 1.807) is 47.4 Å². The SMILES string of the molecule is O=C(Nc1nn(Cc2ccccc2)cc1Cl)c1ccn(COc2cccc(Cl)c2)n1. The van der Waals surface area contributed by atoms with E-state index in [0.717, 1.165) is 5.56 Å². The Labute approximate surface area is 182 Å². The molecule has 9 heteroatoms. The van der Waals surface area contributed by atoms with Crippen molar-refractivity contribution in [2.24, 2.45) is 0 Å². The van der Waals surface area contributed by atoms with E-state index in [1.165, 1.54) is 4.68 Å². The molecule has 0 atom stereocenters. The summed E-state index contributed by atoms with van der Waals surface area (Å²) in [6, 6.07) is 18.5. The summed E-state index contributed by atoms with van der Waals surface area (Å²) in [6.45, 7) is 0.686. The van der Waals surface area contributed by atoms with Crippen LogP contribution in [0.3, 0.4) is 0 Å². The van der Waals surface area contributed by atoms with Crippen LogP contribution in [0, 0.1) is 0 Å². The molecule has 0 aliphatic carbocycles. The summed E-state index contributed by atoms with van der Waals surface area (Å²) in [5, 5.41) is 12.2. The van der Waals surface area contributed by atoms with Crippen molar-refractivity contribution >= 4 is 34.9 Å². The Morgan fingerprint density at radius 1 is 1.00 bits per heavy atom. The molecular weight excluding hydrogens is 425 g/mol. The highest BCUT2D eigenvalue weighted by molar-refractivity contribution is 6.33. The number of ether oxygens (including phenoxy) is 1. The van der Waals surface area contributed by atoms with Crippen LogP contribution in [0.2, 0.25) is 10.0 Å². The Morgan fingerprint density at radius 2 is 1.83 bits per heavy atom. The zero-order valence-electron chi connectivity index (χ0n) is 15.7. The van der Waals surface area contributed by atoms with Crippen molar-refractivity contribution in [2.75, 3.05) is 5.32 Å². The smallest absolute Gasteiger partial charge is 0.277 e. The molecule has 4 rings (SSSR count). The van der Waals surface area contributed by atoms with Crippen molar-refractivity contribution in [1.29, 1.82) is 0 Å². The number of halogens is 2. The molecule has 30 heavy (non-hydrogen) atoms. The van der Waals surface area contributed by atoms with E-state index in [4.69, 9.17) is 27.9 Å². The first kappa shape index (κ1) is 20.0. The van der Waals surface area contributed by atoms with Gasteiger partial charge in [0.15, 0.2) is 18.2 Å². The number of rotatable bonds is 7. The first-order valence-electron chi connectivity index (χ1n) is 9.07. The number of hydrogen-bond donors (Lipinski definition) is 1. The van der Waals surface area contributed by atoms with E-state index in [2.05, 4.69) is 15.5 Å². The second kappa shape index (κ2) is 9.02. The quantitative estimate of drug-likeness (QED) is 0.450. The number of anilines is 1. The molecule has 0 radical (unpaired) electrons. The van der Waals surface area contributed by atoms with Gasteiger partial charge in [-0.1, -0.05) is 59.6 Å². The monoisotopic (exact) mass is 441 g/mol. The van der Waals surface area contributed by atoms with Crippen molar-refractivity contribution in [3.63, 3.8) is 0 Å². The molecule has 2 aromatic heterocycles. The van der Waals surface area contributed by atoms with Gasteiger partial charge in [-0.15, -0.1) is 0 Å². The molecule has 0 unspecified atom stereocenters. The molecule has 1 amide bonds. The van der Waals surface area contributed by atoms with Crippen molar-refractivity contribution in [2.45, 2.75) is 13.3 Å². The van der Waals surface area contributed by atoms with Gasteiger partial charge in [0.25, 0.3) is 5.91 Å². The molecule has 0 fully saturated rings. The van der Waals surface area contributed by atoms with Gasteiger partial charge in [-0.3, -0.25) is 9.48 Å². The fourth-order valence-electron chi connectivity index (χ4n) is 2.76. The molecule has 0 saturated carbocycles. The van der Waals surface area contributed by atoms with Crippen LogP contribution >= 0.6 is 23.2 Å². The number of amides is 1. The van der Waals surface area contributed by atoms with E-state index in [-0.39, 0.29) is 18.2 Å². The molecule has 2 aromatic carbocycles. The molecule has 0 saturated heterocycles. The fourth-order valence-corrected chi connectivity index (χ4v) is 3.13. The lowest BCUT2D eigenvalue weighted by Gasteiger charge is -2.06. The molecule has 0 aliphatic heterocycles. The number of carbonyl (C=O) groups excluding carboxylic acids is 1. The molecule has 0 bridgehead atoms. The molecule has 0 spiro atoms. The summed E-state index contributed by atoms with van der Waals surface area (Å²) < 4.78 is 8.79.